The molecule has 0 atom stereocenters. The zero-order chi connectivity index (χ0) is 10.4. The average Bonchev–Trinajstić information content (AvgIpc) is 2.18. The van der Waals surface area contributed by atoms with Crippen LogP contribution in [0.1, 0.15) is 6.42 Å². The van der Waals surface area contributed by atoms with E-state index in [0.717, 1.165) is 22.0 Å². The second-order valence-corrected chi connectivity index (χ2v) is 3.52. The number of hydrogen-bond donors (Lipinski definition) is 2. The fraction of sp³-hybridized carbons (Fsp3) is 0.100. The van der Waals surface area contributed by atoms with Crippen molar-refractivity contribution in [3.63, 3.8) is 0 Å². The van der Waals surface area contributed by atoms with Crippen molar-refractivity contribution in [2.75, 3.05) is 0 Å². The molecule has 3 N–H and O–H groups in total. The van der Waals surface area contributed by atoms with Gasteiger partial charge >= 0.3 is 0 Å². The summed E-state index contributed by atoms with van der Waals surface area (Å²) in [5, 5.41) is 17.3. The highest BCUT2D eigenvalue weighted by atomic mass is 79.9. The Morgan fingerprint density at radius 1 is 1.64 bits per heavy atom. The van der Waals surface area contributed by atoms with Gasteiger partial charge in [0.1, 0.15) is 12.3 Å². The lowest BCUT2D eigenvalue weighted by atomic mass is 9.99. The fourth-order valence-electron chi connectivity index (χ4n) is 1.13. The molecule has 0 amide bonds. The Labute approximate surface area is 90.8 Å². The number of hydroxylamine groups is 1. The lowest BCUT2D eigenvalue weighted by Crippen LogP contribution is -2.73. The first-order valence-electron chi connectivity index (χ1n) is 4.09. The van der Waals surface area contributed by atoms with Crippen LogP contribution in [0.15, 0.2) is 46.1 Å². The lowest BCUT2D eigenvalue weighted by molar-refractivity contribution is -0.838. The molecule has 0 fully saturated rings. The smallest absolute Gasteiger partial charge is 0.125 e. The van der Waals surface area contributed by atoms with Crippen molar-refractivity contribution < 1.29 is 10.7 Å². The molecular weight excluding hydrogens is 244 g/mol. The molecule has 72 valence electrons. The maximum Gasteiger partial charge on any atom is 0.125 e. The quantitative estimate of drug-likeness (QED) is 0.734. The van der Waals surface area contributed by atoms with E-state index < -0.39 is 0 Å². The third-order valence-electron chi connectivity index (χ3n) is 1.77. The maximum atomic E-state index is 8.89. The summed E-state index contributed by atoms with van der Waals surface area (Å²) in [4.78, 5) is 0. The van der Waals surface area contributed by atoms with E-state index in [2.05, 4.69) is 22.0 Å². The van der Waals surface area contributed by atoms with E-state index in [0.29, 0.717) is 5.57 Å². The van der Waals surface area contributed by atoms with Crippen molar-refractivity contribution in [3.8, 4) is 6.07 Å². The molecule has 0 aromatic carbocycles. The van der Waals surface area contributed by atoms with Crippen LogP contribution in [0.4, 0.5) is 0 Å². The van der Waals surface area contributed by atoms with Gasteiger partial charge in [-0.05, 0) is 34.0 Å². The summed E-state index contributed by atoms with van der Waals surface area (Å²) in [6.07, 6.45) is 9.62. The van der Waals surface area contributed by atoms with E-state index in [-0.39, 0.29) is 0 Å². The molecule has 1 rings (SSSR count). The predicted octanol–water partition coefficient (Wildman–Crippen LogP) is 1.51. The number of allylic oxidation sites excluding steroid dienone is 7. The van der Waals surface area contributed by atoms with Crippen LogP contribution in [0.3, 0.4) is 0 Å². The topological polar surface area (TPSA) is 60.6 Å². The Balaban J connectivity index is 2.93. The molecule has 1 aliphatic carbocycles. The average molecular weight is 254 g/mol. The van der Waals surface area contributed by atoms with Gasteiger partial charge in [-0.25, -0.2) is 5.21 Å². The Morgan fingerprint density at radius 2 is 2.43 bits per heavy atom. The predicted molar refractivity (Wildman–Crippen MR) is 56.3 cm³/mol. The second kappa shape index (κ2) is 5.55. The molecule has 3 nitrogen and oxygen atoms in total. The normalized spacial score (nSPS) is 19.4. The zero-order valence-electron chi connectivity index (χ0n) is 7.44. The van der Waals surface area contributed by atoms with Gasteiger partial charge in [0.15, 0.2) is 0 Å². The van der Waals surface area contributed by atoms with Crippen molar-refractivity contribution in [2.45, 2.75) is 6.42 Å². The number of hydrogen-bond acceptors (Lipinski definition) is 2. The third-order valence-corrected chi connectivity index (χ3v) is 2.43. The van der Waals surface area contributed by atoms with E-state index in [1.807, 2.05) is 18.2 Å². The highest BCUT2D eigenvalue weighted by Gasteiger charge is 2.10. The maximum absolute atomic E-state index is 8.89. The van der Waals surface area contributed by atoms with Gasteiger partial charge in [0.05, 0.1) is 5.57 Å². The summed E-state index contributed by atoms with van der Waals surface area (Å²) < 4.78 is 0.805. The van der Waals surface area contributed by atoms with Crippen LogP contribution >= 0.6 is 15.9 Å². The summed E-state index contributed by atoms with van der Waals surface area (Å²) in [6, 6.07) is 2.14. The van der Waals surface area contributed by atoms with Crippen LogP contribution in [0.25, 0.3) is 0 Å². The number of nitrogens with zero attached hydrogens (tertiary/aromatic N) is 1. The first-order valence-corrected chi connectivity index (χ1v) is 4.89. The van der Waals surface area contributed by atoms with Crippen LogP contribution in [0.2, 0.25) is 0 Å². The molecule has 0 heterocycles. The molecular formula is C10H10BrN2O+. The van der Waals surface area contributed by atoms with Crippen molar-refractivity contribution >= 4 is 15.9 Å². The van der Waals surface area contributed by atoms with Gasteiger partial charge in [-0.2, -0.15) is 10.7 Å². The SMILES string of the molecule is N#CC1=C(Br)C=CC/C1=C\C=C/[NH2+]O. The first kappa shape index (κ1) is 10.9. The molecule has 0 saturated heterocycles. The number of halogens is 1. The third kappa shape index (κ3) is 2.67. The molecule has 0 bridgehead atoms. The van der Waals surface area contributed by atoms with Crippen LogP contribution in [0, 0.1) is 11.3 Å². The van der Waals surface area contributed by atoms with Crippen molar-refractivity contribution in [1.29, 1.82) is 5.26 Å². The minimum absolute atomic E-state index is 0.648. The highest BCUT2D eigenvalue weighted by Crippen LogP contribution is 2.27. The summed E-state index contributed by atoms with van der Waals surface area (Å²) in [7, 11) is 0. The van der Waals surface area contributed by atoms with E-state index in [1.165, 1.54) is 6.20 Å². The van der Waals surface area contributed by atoms with E-state index >= 15 is 0 Å². The van der Waals surface area contributed by atoms with Gasteiger partial charge in [0.25, 0.3) is 0 Å². The van der Waals surface area contributed by atoms with Gasteiger partial charge < -0.3 is 0 Å². The summed E-state index contributed by atoms with van der Waals surface area (Å²) in [5.41, 5.74) is 2.55. The van der Waals surface area contributed by atoms with Crippen LogP contribution in [-0.4, -0.2) is 5.21 Å². The van der Waals surface area contributed by atoms with Gasteiger partial charge in [0.2, 0.25) is 0 Å². The Bertz CT molecular complexity index is 372. The monoisotopic (exact) mass is 253 g/mol. The highest BCUT2D eigenvalue weighted by molar-refractivity contribution is 9.11. The molecule has 4 heteroatoms. The summed E-state index contributed by atoms with van der Waals surface area (Å²) in [5.74, 6) is 0. The molecule has 14 heavy (non-hydrogen) atoms. The molecule has 0 radical (unpaired) electrons. The molecule has 0 aliphatic heterocycles. The molecule has 0 saturated carbocycles. The Morgan fingerprint density at radius 3 is 3.07 bits per heavy atom. The molecule has 0 spiro atoms. The number of nitriles is 1. The standard InChI is InChI=1S/C10H9BrN2O/c11-10-5-1-3-8(9(10)7-12)4-2-6-13-14/h1-2,4-6,13-14H,3H2/p+1/b6-2-,8-4+. The second-order valence-electron chi connectivity index (χ2n) is 2.67. The van der Waals surface area contributed by atoms with Crippen molar-refractivity contribution in [1.82, 2.24) is 0 Å². The first-order chi connectivity index (χ1) is 6.79. The Hall–Kier alpha value is -1.15. The van der Waals surface area contributed by atoms with Crippen molar-refractivity contribution in [3.05, 3.63) is 46.1 Å². The molecule has 1 aliphatic rings. The van der Waals surface area contributed by atoms with E-state index in [9.17, 15) is 0 Å². The number of nitrogens with two attached hydrogens (primary N) is 1. The van der Waals surface area contributed by atoms with Gasteiger partial charge in [-0.15, -0.1) is 0 Å². The minimum atomic E-state index is 0.648. The Kier molecular flexibility index (Phi) is 4.33. The van der Waals surface area contributed by atoms with Crippen LogP contribution in [-0.2, 0) is 0 Å². The van der Waals surface area contributed by atoms with E-state index in [4.69, 9.17) is 10.5 Å². The molecule has 0 aromatic heterocycles. The number of quaternary nitrogens is 1. The zero-order valence-corrected chi connectivity index (χ0v) is 9.03. The summed E-state index contributed by atoms with van der Waals surface area (Å²) in [6.45, 7) is 0. The number of rotatable bonds is 2. The summed E-state index contributed by atoms with van der Waals surface area (Å²) >= 11 is 3.31. The largest absolute Gasteiger partial charge is 0.216 e. The van der Waals surface area contributed by atoms with Gasteiger partial charge in [-0.3, -0.25) is 0 Å². The fourth-order valence-corrected chi connectivity index (χ4v) is 1.66. The molecule has 0 unspecified atom stereocenters. The van der Waals surface area contributed by atoms with Crippen LogP contribution in [0.5, 0.6) is 0 Å². The van der Waals surface area contributed by atoms with E-state index in [1.54, 1.807) is 6.08 Å². The molecule has 0 aromatic rings. The van der Waals surface area contributed by atoms with Gasteiger partial charge in [0, 0.05) is 4.48 Å². The minimum Gasteiger partial charge on any atom is -0.216 e. The van der Waals surface area contributed by atoms with Gasteiger partial charge in [-0.1, -0.05) is 18.2 Å². The van der Waals surface area contributed by atoms with Crippen molar-refractivity contribution in [2.24, 2.45) is 0 Å². The lowest BCUT2D eigenvalue weighted by Gasteiger charge is -2.08. The van der Waals surface area contributed by atoms with Crippen LogP contribution < -0.4 is 5.48 Å².